The van der Waals surface area contributed by atoms with Gasteiger partial charge in [-0.2, -0.15) is 0 Å². The van der Waals surface area contributed by atoms with E-state index in [9.17, 15) is 29.4 Å². The van der Waals surface area contributed by atoms with Crippen molar-refractivity contribution >= 4 is 23.7 Å². The number of nitrogens with two attached hydrogens (primary N) is 1. The van der Waals surface area contributed by atoms with Crippen molar-refractivity contribution in [3.05, 3.63) is 66.3 Å². The van der Waals surface area contributed by atoms with Crippen LogP contribution in [0.4, 0.5) is 0 Å². The Morgan fingerprint density at radius 3 is 2.23 bits per heavy atom. The van der Waals surface area contributed by atoms with Crippen molar-refractivity contribution in [1.82, 2.24) is 35.5 Å². The van der Waals surface area contributed by atoms with Crippen LogP contribution in [-0.4, -0.2) is 89.5 Å². The van der Waals surface area contributed by atoms with Gasteiger partial charge in [-0.15, -0.1) is 0 Å². The molecule has 0 aliphatic carbocycles. The Hall–Kier alpha value is -4.72. The molecule has 0 radical (unpaired) electrons. The van der Waals surface area contributed by atoms with E-state index >= 15 is 0 Å². The predicted molar refractivity (Wildman–Crippen MR) is 141 cm³/mol. The topological polar surface area (TPSA) is 219 Å². The molecule has 0 spiro atoms. The van der Waals surface area contributed by atoms with E-state index in [0.717, 1.165) is 0 Å². The summed E-state index contributed by atoms with van der Waals surface area (Å²) in [6, 6.07) is 1.82. The lowest BCUT2D eigenvalue weighted by molar-refractivity contribution is -0.143. The molecule has 8 N–H and O–H groups in total. The Bertz CT molecular complexity index is 1300. The van der Waals surface area contributed by atoms with Crippen molar-refractivity contribution in [2.75, 3.05) is 6.54 Å². The van der Waals surface area contributed by atoms with Gasteiger partial charge in [0.25, 0.3) is 0 Å². The summed E-state index contributed by atoms with van der Waals surface area (Å²) in [5, 5.41) is 24.4. The molecule has 1 aliphatic heterocycles. The quantitative estimate of drug-likeness (QED) is 0.150. The van der Waals surface area contributed by atoms with Crippen LogP contribution < -0.4 is 16.4 Å². The number of aromatic amines is 2. The van der Waals surface area contributed by atoms with E-state index in [2.05, 4.69) is 30.6 Å². The van der Waals surface area contributed by atoms with E-state index in [1.54, 1.807) is 18.3 Å². The first-order valence-corrected chi connectivity index (χ1v) is 12.8. The minimum Gasteiger partial charge on any atom is -0.508 e. The minimum atomic E-state index is -1.29. The van der Waals surface area contributed by atoms with Gasteiger partial charge in [-0.25, -0.2) is 14.8 Å². The standard InChI is InChI=1S/C26H32N8O6/c27-19(9-16-11-28-13-30-16)25(38)34-7-1-2-22(34)24(37)32-20(10-17-12-29-14-31-17)23(36)33-21(26(39)40)8-15-3-5-18(35)6-4-15/h3-6,11-14,19-22,35H,1-2,7-10,27H2,(H,28,30)(H,29,31)(H,32,37)(H,33,36)(H,39,40). The monoisotopic (exact) mass is 552 g/mol. The van der Waals surface area contributed by atoms with Gasteiger partial charge in [-0.3, -0.25) is 14.4 Å². The second-order valence-corrected chi connectivity index (χ2v) is 9.69. The fraction of sp³-hybridized carbons (Fsp3) is 0.385. The van der Waals surface area contributed by atoms with E-state index in [1.165, 1.54) is 35.9 Å². The average molecular weight is 553 g/mol. The summed E-state index contributed by atoms with van der Waals surface area (Å²) in [5.41, 5.74) is 7.96. The lowest BCUT2D eigenvalue weighted by Gasteiger charge is -2.28. The number of aliphatic carboxylic acids is 1. The number of benzene rings is 1. The Balaban J connectivity index is 1.45. The van der Waals surface area contributed by atoms with Gasteiger partial charge in [0.05, 0.1) is 18.7 Å². The second kappa shape index (κ2) is 12.9. The number of hydrogen-bond donors (Lipinski definition) is 7. The SMILES string of the molecule is NC(Cc1cnc[nH]1)C(=O)N1CCCC1C(=O)NC(Cc1cnc[nH]1)C(=O)NC(Cc1ccc(O)cc1)C(=O)O. The zero-order valence-electron chi connectivity index (χ0n) is 21.6. The average Bonchev–Trinajstić information content (AvgIpc) is 3.72. The van der Waals surface area contributed by atoms with Crippen molar-refractivity contribution in [2.45, 2.75) is 56.3 Å². The van der Waals surface area contributed by atoms with Crippen LogP contribution in [0.15, 0.2) is 49.3 Å². The number of nitrogens with zero attached hydrogens (tertiary/aromatic N) is 3. The lowest BCUT2D eigenvalue weighted by Crippen LogP contribution is -2.57. The molecule has 14 heteroatoms. The van der Waals surface area contributed by atoms with E-state index in [-0.39, 0.29) is 30.9 Å². The maximum atomic E-state index is 13.4. The molecule has 3 amide bonds. The lowest BCUT2D eigenvalue weighted by atomic mass is 10.0. The van der Waals surface area contributed by atoms with Crippen LogP contribution in [0.2, 0.25) is 0 Å². The zero-order valence-corrected chi connectivity index (χ0v) is 21.6. The van der Waals surface area contributed by atoms with E-state index in [0.29, 0.717) is 36.3 Å². The number of phenols is 1. The van der Waals surface area contributed by atoms with Crippen molar-refractivity contribution in [3.8, 4) is 5.75 Å². The van der Waals surface area contributed by atoms with Crippen LogP contribution in [0.1, 0.15) is 29.8 Å². The molecule has 1 aromatic carbocycles. The third-order valence-corrected chi connectivity index (χ3v) is 6.75. The van der Waals surface area contributed by atoms with Crippen LogP contribution in [0.25, 0.3) is 0 Å². The highest BCUT2D eigenvalue weighted by atomic mass is 16.4. The molecule has 4 unspecified atom stereocenters. The summed E-state index contributed by atoms with van der Waals surface area (Å²) in [4.78, 5) is 66.8. The maximum Gasteiger partial charge on any atom is 0.326 e. The van der Waals surface area contributed by atoms with Gasteiger partial charge in [0, 0.05) is 49.6 Å². The van der Waals surface area contributed by atoms with Gasteiger partial charge in [0.1, 0.15) is 23.9 Å². The third kappa shape index (κ3) is 7.22. The molecule has 3 heterocycles. The smallest absolute Gasteiger partial charge is 0.326 e. The number of aromatic hydroxyl groups is 1. The number of amides is 3. The molecule has 14 nitrogen and oxygen atoms in total. The number of imidazole rings is 2. The molecule has 3 aromatic rings. The highest BCUT2D eigenvalue weighted by Crippen LogP contribution is 2.20. The van der Waals surface area contributed by atoms with Crippen LogP contribution in [-0.2, 0) is 38.4 Å². The number of carboxylic acid groups (broad SMARTS) is 1. The van der Waals surface area contributed by atoms with Gasteiger partial charge in [-0.05, 0) is 30.5 Å². The summed E-state index contributed by atoms with van der Waals surface area (Å²) < 4.78 is 0. The normalized spacial score (nSPS) is 17.1. The van der Waals surface area contributed by atoms with Gasteiger partial charge < -0.3 is 41.4 Å². The third-order valence-electron chi connectivity index (χ3n) is 6.75. The van der Waals surface area contributed by atoms with Gasteiger partial charge in [-0.1, -0.05) is 12.1 Å². The number of carbonyl (C=O) groups is 4. The number of phenolic OH excluding ortho intramolecular Hbond substituents is 1. The predicted octanol–water partition coefficient (Wildman–Crippen LogP) is -0.761. The number of carbonyl (C=O) groups excluding carboxylic acids is 3. The number of H-pyrrole nitrogens is 2. The van der Waals surface area contributed by atoms with Crippen molar-refractivity contribution in [2.24, 2.45) is 5.73 Å². The number of aromatic nitrogens is 4. The van der Waals surface area contributed by atoms with E-state index in [1.807, 2.05) is 0 Å². The van der Waals surface area contributed by atoms with Crippen molar-refractivity contribution < 1.29 is 29.4 Å². The molecular formula is C26H32N8O6. The van der Waals surface area contributed by atoms with Gasteiger partial charge >= 0.3 is 5.97 Å². The maximum absolute atomic E-state index is 13.4. The molecule has 1 aliphatic rings. The van der Waals surface area contributed by atoms with Crippen LogP contribution in [0.5, 0.6) is 5.75 Å². The first-order valence-electron chi connectivity index (χ1n) is 12.8. The molecule has 0 saturated carbocycles. The summed E-state index contributed by atoms with van der Waals surface area (Å²) in [6.45, 7) is 0.346. The highest BCUT2D eigenvalue weighted by Gasteiger charge is 2.38. The summed E-state index contributed by atoms with van der Waals surface area (Å²) in [6.07, 6.45) is 7.18. The van der Waals surface area contributed by atoms with E-state index in [4.69, 9.17) is 5.73 Å². The molecule has 0 bridgehead atoms. The molecule has 2 aromatic heterocycles. The number of nitrogens with one attached hydrogen (secondary N) is 4. The fourth-order valence-electron chi connectivity index (χ4n) is 4.67. The van der Waals surface area contributed by atoms with Crippen LogP contribution >= 0.6 is 0 Å². The van der Waals surface area contributed by atoms with Gasteiger partial charge in [0.15, 0.2) is 0 Å². The zero-order chi connectivity index (χ0) is 28.6. The van der Waals surface area contributed by atoms with Crippen LogP contribution in [0.3, 0.4) is 0 Å². The minimum absolute atomic E-state index is 0.0170. The molecule has 40 heavy (non-hydrogen) atoms. The number of rotatable bonds is 12. The Morgan fingerprint density at radius 1 is 0.975 bits per heavy atom. The highest BCUT2D eigenvalue weighted by molar-refractivity contribution is 5.94. The largest absolute Gasteiger partial charge is 0.508 e. The number of likely N-dealkylation sites (tertiary alicyclic amines) is 1. The molecule has 1 fully saturated rings. The van der Waals surface area contributed by atoms with Gasteiger partial charge in [0.2, 0.25) is 17.7 Å². The Labute approximate surface area is 229 Å². The number of hydrogen-bond acceptors (Lipinski definition) is 8. The molecule has 4 atom stereocenters. The summed E-state index contributed by atoms with van der Waals surface area (Å²) in [5.74, 6) is -2.86. The number of carboxylic acids is 1. The first-order chi connectivity index (χ1) is 19.2. The summed E-state index contributed by atoms with van der Waals surface area (Å²) >= 11 is 0. The second-order valence-electron chi connectivity index (χ2n) is 9.69. The molecular weight excluding hydrogens is 520 g/mol. The van der Waals surface area contributed by atoms with E-state index < -0.39 is 42.0 Å². The summed E-state index contributed by atoms with van der Waals surface area (Å²) in [7, 11) is 0. The van der Waals surface area contributed by atoms with Crippen molar-refractivity contribution in [1.29, 1.82) is 0 Å². The molecule has 212 valence electrons. The Morgan fingerprint density at radius 2 is 1.62 bits per heavy atom. The Kier molecular flexibility index (Phi) is 9.11. The molecule has 4 rings (SSSR count). The van der Waals surface area contributed by atoms with Crippen LogP contribution in [0, 0.1) is 0 Å². The first kappa shape index (κ1) is 28.3. The fourth-order valence-corrected chi connectivity index (χ4v) is 4.67. The van der Waals surface area contributed by atoms with Crippen molar-refractivity contribution in [3.63, 3.8) is 0 Å². The molecule has 1 saturated heterocycles.